The van der Waals surface area contributed by atoms with Crippen LogP contribution in [0.5, 0.6) is 0 Å². The molecular weight excluding hydrogens is 657 g/mol. The van der Waals surface area contributed by atoms with E-state index in [4.69, 9.17) is 8.83 Å². The van der Waals surface area contributed by atoms with Crippen molar-refractivity contribution >= 4 is 82.1 Å². The van der Waals surface area contributed by atoms with Crippen LogP contribution in [0.1, 0.15) is 24.0 Å². The van der Waals surface area contributed by atoms with Gasteiger partial charge in [-0.3, -0.25) is 0 Å². The molecule has 0 radical (unpaired) electrons. The van der Waals surface area contributed by atoms with Gasteiger partial charge in [0.05, 0.1) is 0 Å². The Labute approximate surface area is 313 Å². The molecule has 2 heterocycles. The maximum Gasteiger partial charge on any atom is 0.143 e. The summed E-state index contributed by atoms with van der Waals surface area (Å²) in [6.07, 6.45) is 15.0. The lowest BCUT2D eigenvalue weighted by molar-refractivity contribution is 0.667. The Morgan fingerprint density at radius 1 is 0.556 bits per heavy atom. The van der Waals surface area contributed by atoms with Gasteiger partial charge in [-0.1, -0.05) is 147 Å². The Bertz CT molecular complexity index is 3250. The van der Waals surface area contributed by atoms with Crippen LogP contribution in [0.2, 0.25) is 0 Å². The van der Waals surface area contributed by atoms with Crippen LogP contribution in [0.25, 0.3) is 82.1 Å². The Morgan fingerprint density at radius 3 is 2.06 bits per heavy atom. The smallest absolute Gasteiger partial charge is 0.143 e. The minimum Gasteiger partial charge on any atom is -0.455 e. The Morgan fingerprint density at radius 2 is 1.22 bits per heavy atom. The first-order valence-corrected chi connectivity index (χ1v) is 18.5. The number of para-hydroxylation sites is 2. The third-order valence-corrected chi connectivity index (χ3v) is 10.8. The fourth-order valence-corrected chi connectivity index (χ4v) is 8.22. The molecule has 9 aromatic rings. The van der Waals surface area contributed by atoms with Gasteiger partial charge in [-0.15, -0.1) is 0 Å². The minimum atomic E-state index is 0.864. The standard InChI is InChI=1S/C52H36O2/c1-3-34(37-27-26-35-16-8-9-17-36(35)31-37)30-33(2)38-18-6-4-5-7-19-41(40-21-11-10-20-39(38)40)46-32-47-43(50-45-23-13-15-25-49(45)54-52(46)50)28-29-44-42-22-12-14-24-48(42)53-51(44)47/h3,6-32H,1-2,4-5H2/b18-6?,19-7+,34-30+,39-38?,41-40+. The predicted molar refractivity (Wildman–Crippen MR) is 229 cm³/mol. The van der Waals surface area contributed by atoms with Gasteiger partial charge in [0.1, 0.15) is 22.3 Å². The summed E-state index contributed by atoms with van der Waals surface area (Å²) in [6.45, 7) is 8.89. The third-order valence-electron chi connectivity index (χ3n) is 10.8. The van der Waals surface area contributed by atoms with E-state index in [-0.39, 0.29) is 0 Å². The summed E-state index contributed by atoms with van der Waals surface area (Å²) in [5.41, 5.74) is 9.74. The van der Waals surface area contributed by atoms with Gasteiger partial charge in [0.2, 0.25) is 0 Å². The lowest BCUT2D eigenvalue weighted by Crippen LogP contribution is -2.29. The fraction of sp³-hybridized carbons (Fsp3) is 0.0385. The monoisotopic (exact) mass is 692 g/mol. The first-order chi connectivity index (χ1) is 26.7. The van der Waals surface area contributed by atoms with Crippen molar-refractivity contribution in [2.75, 3.05) is 0 Å². The van der Waals surface area contributed by atoms with Gasteiger partial charge >= 0.3 is 0 Å². The molecule has 0 amide bonds. The van der Waals surface area contributed by atoms with Crippen molar-refractivity contribution in [3.05, 3.63) is 210 Å². The lowest BCUT2D eigenvalue weighted by Gasteiger charge is -2.12. The van der Waals surface area contributed by atoms with Gasteiger partial charge in [0.15, 0.2) is 0 Å². The molecule has 2 aromatic heterocycles. The zero-order valence-electron chi connectivity index (χ0n) is 29.8. The van der Waals surface area contributed by atoms with E-state index in [1.165, 1.54) is 10.8 Å². The molecule has 0 aliphatic heterocycles. The van der Waals surface area contributed by atoms with Gasteiger partial charge in [0, 0.05) is 32.5 Å². The summed E-state index contributed by atoms with van der Waals surface area (Å²) in [6, 6.07) is 47.0. The molecule has 10 rings (SSSR count). The Kier molecular flexibility index (Phi) is 7.63. The summed E-state index contributed by atoms with van der Waals surface area (Å²) in [7, 11) is 0. The number of fused-ring (bicyclic) bond motifs is 11. The summed E-state index contributed by atoms with van der Waals surface area (Å²) in [5.74, 6) is 0. The van der Waals surface area contributed by atoms with Crippen molar-refractivity contribution < 1.29 is 8.83 Å². The number of hydrogen-bond acceptors (Lipinski definition) is 2. The van der Waals surface area contributed by atoms with Crippen LogP contribution in [0.15, 0.2) is 197 Å². The second-order valence-corrected chi connectivity index (χ2v) is 14.0. The molecule has 256 valence electrons. The van der Waals surface area contributed by atoms with Crippen LogP contribution in [0.3, 0.4) is 0 Å². The maximum atomic E-state index is 6.84. The van der Waals surface area contributed by atoms with Gasteiger partial charge in [-0.2, -0.15) is 0 Å². The topological polar surface area (TPSA) is 26.3 Å². The highest BCUT2D eigenvalue weighted by molar-refractivity contribution is 6.27. The molecule has 54 heavy (non-hydrogen) atoms. The van der Waals surface area contributed by atoms with Gasteiger partial charge < -0.3 is 8.83 Å². The predicted octanol–water partition coefficient (Wildman–Crippen LogP) is 12.9. The molecule has 0 saturated heterocycles. The van der Waals surface area contributed by atoms with Crippen LogP contribution in [-0.4, -0.2) is 0 Å². The molecule has 0 unspecified atom stereocenters. The summed E-state index contributed by atoms with van der Waals surface area (Å²) in [5, 5.41) is 11.2. The van der Waals surface area contributed by atoms with Crippen molar-refractivity contribution in [3.8, 4) is 0 Å². The van der Waals surface area contributed by atoms with Gasteiger partial charge in [0.25, 0.3) is 0 Å². The number of allylic oxidation sites excluding steroid dienone is 8. The number of hydrogen-bond donors (Lipinski definition) is 0. The molecule has 0 saturated carbocycles. The van der Waals surface area contributed by atoms with E-state index in [0.717, 1.165) is 111 Å². The molecule has 1 aliphatic rings. The first kappa shape index (κ1) is 31.8. The van der Waals surface area contributed by atoms with Crippen molar-refractivity contribution in [2.24, 2.45) is 0 Å². The Balaban J connectivity index is 1.29. The fourth-order valence-electron chi connectivity index (χ4n) is 8.22. The lowest BCUT2D eigenvalue weighted by atomic mass is 9.91. The van der Waals surface area contributed by atoms with Crippen LogP contribution in [0, 0.1) is 0 Å². The maximum absolute atomic E-state index is 6.84. The number of benzene rings is 7. The van der Waals surface area contributed by atoms with Crippen LogP contribution in [-0.2, 0) is 0 Å². The highest BCUT2D eigenvalue weighted by Crippen LogP contribution is 2.43. The van der Waals surface area contributed by atoms with E-state index in [0.29, 0.717) is 0 Å². The zero-order valence-corrected chi connectivity index (χ0v) is 29.8. The van der Waals surface area contributed by atoms with E-state index < -0.39 is 0 Å². The summed E-state index contributed by atoms with van der Waals surface area (Å²) in [4.78, 5) is 0. The van der Waals surface area contributed by atoms with Crippen LogP contribution >= 0.6 is 0 Å². The highest BCUT2D eigenvalue weighted by Gasteiger charge is 2.21. The number of rotatable bonds is 5. The van der Waals surface area contributed by atoms with E-state index in [1.54, 1.807) is 0 Å². The third kappa shape index (κ3) is 5.18. The van der Waals surface area contributed by atoms with Crippen molar-refractivity contribution in [1.29, 1.82) is 0 Å². The van der Waals surface area contributed by atoms with Gasteiger partial charge in [-0.05, 0) is 104 Å². The molecule has 7 aromatic carbocycles. The highest BCUT2D eigenvalue weighted by atomic mass is 16.3. The van der Waals surface area contributed by atoms with Gasteiger partial charge in [-0.25, -0.2) is 0 Å². The molecule has 0 spiro atoms. The minimum absolute atomic E-state index is 0.864. The molecular formula is C52H36O2. The molecule has 0 bridgehead atoms. The number of furan rings is 2. The second-order valence-electron chi connectivity index (χ2n) is 14.0. The van der Waals surface area contributed by atoms with E-state index in [2.05, 4.69) is 159 Å². The quantitative estimate of drug-likeness (QED) is 0.168. The van der Waals surface area contributed by atoms with Crippen molar-refractivity contribution in [1.82, 2.24) is 0 Å². The van der Waals surface area contributed by atoms with E-state index >= 15 is 0 Å². The molecule has 0 N–H and O–H groups in total. The molecule has 1 aliphatic carbocycles. The molecule has 2 nitrogen and oxygen atoms in total. The normalized spacial score (nSPS) is 15.4. The second kappa shape index (κ2) is 12.9. The zero-order chi connectivity index (χ0) is 36.2. The first-order valence-electron chi connectivity index (χ1n) is 18.5. The molecule has 2 heteroatoms. The summed E-state index contributed by atoms with van der Waals surface area (Å²) >= 11 is 0. The van der Waals surface area contributed by atoms with E-state index in [1.807, 2.05) is 24.3 Å². The van der Waals surface area contributed by atoms with E-state index in [9.17, 15) is 0 Å². The largest absolute Gasteiger partial charge is 0.455 e. The van der Waals surface area contributed by atoms with Crippen LogP contribution in [0.4, 0.5) is 0 Å². The molecule has 0 atom stereocenters. The van der Waals surface area contributed by atoms with Crippen molar-refractivity contribution in [3.63, 3.8) is 0 Å². The SMILES string of the molecule is C=C/C(=C\C(=C)C1=c2cccc/c2=C(c2cc3c(ccc4c5ccccc5oc43)c3c2oc2ccccc23)/C=C/CCC=C1)c1ccc2ccccc2c1. The van der Waals surface area contributed by atoms with Crippen LogP contribution < -0.4 is 10.4 Å². The Hall–Kier alpha value is -6.90. The average Bonchev–Trinajstić information content (AvgIpc) is 3.80. The van der Waals surface area contributed by atoms with Crippen molar-refractivity contribution in [2.45, 2.75) is 12.8 Å². The molecule has 0 fully saturated rings. The average molecular weight is 693 g/mol. The summed E-state index contributed by atoms with van der Waals surface area (Å²) < 4.78 is 13.5.